The average molecular weight is 401 g/mol. The summed E-state index contributed by atoms with van der Waals surface area (Å²) in [4.78, 5) is 13.7. The molecule has 0 aliphatic rings. The molecule has 27 heavy (non-hydrogen) atoms. The number of rotatable bonds is 5. The van der Waals surface area contributed by atoms with Gasteiger partial charge in [-0.15, -0.1) is 0 Å². The van der Waals surface area contributed by atoms with E-state index in [9.17, 15) is 26.4 Å². The summed E-state index contributed by atoms with van der Waals surface area (Å²) in [7, 11) is -0.557. The molecule has 3 N–H and O–H groups in total. The van der Waals surface area contributed by atoms with Gasteiger partial charge in [-0.2, -0.15) is 13.2 Å². The summed E-state index contributed by atoms with van der Waals surface area (Å²) in [6.07, 6.45) is -4.68. The monoisotopic (exact) mass is 401 g/mol. The Morgan fingerprint density at radius 2 is 1.70 bits per heavy atom. The van der Waals surface area contributed by atoms with Crippen LogP contribution in [0.15, 0.2) is 47.4 Å². The molecule has 2 aromatic rings. The Labute approximate surface area is 154 Å². The third kappa shape index (κ3) is 5.44. The van der Waals surface area contributed by atoms with E-state index in [-0.39, 0.29) is 17.0 Å². The van der Waals surface area contributed by atoms with Gasteiger partial charge in [-0.1, -0.05) is 12.1 Å². The first-order valence-corrected chi connectivity index (χ1v) is 9.23. The van der Waals surface area contributed by atoms with Crippen molar-refractivity contribution in [2.75, 3.05) is 24.3 Å². The number of nitrogens with zero attached hydrogens (tertiary/aromatic N) is 1. The molecule has 0 unspecified atom stereocenters. The van der Waals surface area contributed by atoms with Gasteiger partial charge >= 0.3 is 6.18 Å². The van der Waals surface area contributed by atoms with Crippen molar-refractivity contribution in [1.29, 1.82) is 0 Å². The molecule has 2 aromatic carbocycles. The summed E-state index contributed by atoms with van der Waals surface area (Å²) in [5.74, 6) is -0.541. The fraction of sp³-hybridized carbons (Fsp3) is 0.235. The van der Waals surface area contributed by atoms with Crippen molar-refractivity contribution in [1.82, 2.24) is 0 Å². The van der Waals surface area contributed by atoms with Crippen LogP contribution in [-0.4, -0.2) is 28.4 Å². The molecule has 6 nitrogen and oxygen atoms in total. The number of anilines is 2. The Balaban J connectivity index is 2.21. The minimum Gasteiger partial charge on any atom is -0.376 e. The molecule has 0 heterocycles. The number of amides is 1. The molecule has 1 amide bonds. The van der Waals surface area contributed by atoms with E-state index in [2.05, 4.69) is 5.32 Å². The molecule has 0 radical (unpaired) electrons. The summed E-state index contributed by atoms with van der Waals surface area (Å²) >= 11 is 0. The second-order valence-corrected chi connectivity index (χ2v) is 7.60. The van der Waals surface area contributed by atoms with Gasteiger partial charge < -0.3 is 10.2 Å². The van der Waals surface area contributed by atoms with Crippen molar-refractivity contribution in [3.63, 3.8) is 0 Å². The van der Waals surface area contributed by atoms with E-state index in [0.717, 1.165) is 12.1 Å². The topological polar surface area (TPSA) is 92.5 Å². The van der Waals surface area contributed by atoms with Crippen LogP contribution >= 0.6 is 0 Å². The van der Waals surface area contributed by atoms with Gasteiger partial charge in [-0.25, -0.2) is 13.6 Å². The summed E-state index contributed by atoms with van der Waals surface area (Å²) in [6, 6.07) is 8.44. The predicted octanol–water partition coefficient (Wildman–Crippen LogP) is 2.60. The molecule has 0 spiro atoms. The SMILES string of the molecule is CN(C)c1ccc(C(F)(F)F)cc1NC(=O)Cc1ccc(S(N)(=O)=O)cc1. The van der Waals surface area contributed by atoms with Gasteiger partial charge in [0, 0.05) is 14.1 Å². The van der Waals surface area contributed by atoms with Crippen LogP contribution in [0.1, 0.15) is 11.1 Å². The van der Waals surface area contributed by atoms with Crippen molar-refractivity contribution in [3.8, 4) is 0 Å². The number of benzene rings is 2. The Hall–Kier alpha value is -2.59. The fourth-order valence-electron chi connectivity index (χ4n) is 2.38. The van der Waals surface area contributed by atoms with Crippen LogP contribution in [0.25, 0.3) is 0 Å². The van der Waals surface area contributed by atoms with Crippen LogP contribution in [0.2, 0.25) is 0 Å². The van der Waals surface area contributed by atoms with Crippen molar-refractivity contribution < 1.29 is 26.4 Å². The Morgan fingerprint density at radius 3 is 2.19 bits per heavy atom. The zero-order valence-corrected chi connectivity index (χ0v) is 15.4. The van der Waals surface area contributed by atoms with Crippen molar-refractivity contribution in [2.45, 2.75) is 17.5 Å². The van der Waals surface area contributed by atoms with Gasteiger partial charge in [0.2, 0.25) is 15.9 Å². The molecule has 0 aliphatic carbocycles. The second-order valence-electron chi connectivity index (χ2n) is 6.04. The zero-order chi connectivity index (χ0) is 20.4. The molecular weight excluding hydrogens is 383 g/mol. The highest BCUT2D eigenvalue weighted by Crippen LogP contribution is 2.35. The number of nitrogens with one attached hydrogen (secondary N) is 1. The third-order valence-electron chi connectivity index (χ3n) is 3.70. The summed E-state index contributed by atoms with van der Waals surface area (Å²) in [5, 5.41) is 7.48. The number of hydrogen-bond donors (Lipinski definition) is 2. The van der Waals surface area contributed by atoms with Gasteiger partial charge in [0.05, 0.1) is 28.3 Å². The van der Waals surface area contributed by atoms with E-state index in [4.69, 9.17) is 5.14 Å². The maximum absolute atomic E-state index is 12.9. The van der Waals surface area contributed by atoms with Gasteiger partial charge in [-0.3, -0.25) is 4.79 Å². The highest BCUT2D eigenvalue weighted by Gasteiger charge is 2.31. The molecular formula is C17H18F3N3O3S. The molecule has 0 fully saturated rings. The van der Waals surface area contributed by atoms with Gasteiger partial charge in [-0.05, 0) is 35.9 Å². The summed E-state index contributed by atoms with van der Waals surface area (Å²) in [6.45, 7) is 0. The molecule has 0 bridgehead atoms. The van der Waals surface area contributed by atoms with E-state index >= 15 is 0 Å². The van der Waals surface area contributed by atoms with Crippen LogP contribution in [0, 0.1) is 0 Å². The normalized spacial score (nSPS) is 11.9. The first-order valence-electron chi connectivity index (χ1n) is 7.68. The van der Waals surface area contributed by atoms with Gasteiger partial charge in [0.25, 0.3) is 0 Å². The lowest BCUT2D eigenvalue weighted by molar-refractivity contribution is -0.137. The number of carbonyl (C=O) groups excluding carboxylic acids is 1. The lowest BCUT2D eigenvalue weighted by atomic mass is 10.1. The average Bonchev–Trinajstić information content (AvgIpc) is 2.53. The molecule has 0 saturated heterocycles. The Kier molecular flexibility index (Phi) is 5.81. The Morgan fingerprint density at radius 1 is 1.11 bits per heavy atom. The van der Waals surface area contributed by atoms with Gasteiger partial charge in [0.15, 0.2) is 0 Å². The minimum absolute atomic E-state index is 0.0287. The van der Waals surface area contributed by atoms with Gasteiger partial charge in [0.1, 0.15) is 0 Å². The number of halogens is 3. The largest absolute Gasteiger partial charge is 0.416 e. The standard InChI is InChI=1S/C17H18F3N3O3S/c1-23(2)15-8-5-12(17(18,19)20)10-14(15)22-16(24)9-11-3-6-13(7-4-11)27(21,25)26/h3-8,10H,9H2,1-2H3,(H,22,24)(H2,21,25,26). The number of nitrogens with two attached hydrogens (primary N) is 1. The lowest BCUT2D eigenvalue weighted by Crippen LogP contribution is -2.19. The van der Waals surface area contributed by atoms with Crippen molar-refractivity contribution >= 4 is 27.3 Å². The van der Waals surface area contributed by atoms with E-state index in [1.807, 2.05) is 0 Å². The van der Waals surface area contributed by atoms with Crippen molar-refractivity contribution in [3.05, 3.63) is 53.6 Å². The molecule has 0 atom stereocenters. The first kappa shape index (κ1) is 20.7. The molecule has 0 aliphatic heterocycles. The second kappa shape index (κ2) is 7.57. The van der Waals surface area contributed by atoms with Crippen LogP contribution in [0.4, 0.5) is 24.5 Å². The lowest BCUT2D eigenvalue weighted by Gasteiger charge is -2.20. The fourth-order valence-corrected chi connectivity index (χ4v) is 2.89. The highest BCUT2D eigenvalue weighted by molar-refractivity contribution is 7.89. The molecule has 10 heteroatoms. The number of alkyl halides is 3. The molecule has 2 rings (SSSR count). The summed E-state index contributed by atoms with van der Waals surface area (Å²) in [5.41, 5.74) is 0.0566. The smallest absolute Gasteiger partial charge is 0.376 e. The number of primary sulfonamides is 1. The predicted molar refractivity (Wildman–Crippen MR) is 95.9 cm³/mol. The minimum atomic E-state index is -4.53. The number of sulfonamides is 1. The highest BCUT2D eigenvalue weighted by atomic mass is 32.2. The van der Waals surface area contributed by atoms with Crippen LogP contribution in [0.3, 0.4) is 0 Å². The molecule has 0 saturated carbocycles. The maximum Gasteiger partial charge on any atom is 0.416 e. The van der Waals surface area contributed by atoms with Crippen LogP contribution in [0.5, 0.6) is 0 Å². The molecule has 0 aromatic heterocycles. The number of hydrogen-bond acceptors (Lipinski definition) is 4. The maximum atomic E-state index is 12.9. The quantitative estimate of drug-likeness (QED) is 0.806. The Bertz CT molecular complexity index is 940. The van der Waals surface area contributed by atoms with Crippen LogP contribution < -0.4 is 15.4 Å². The first-order chi connectivity index (χ1) is 12.4. The zero-order valence-electron chi connectivity index (χ0n) is 14.5. The summed E-state index contributed by atoms with van der Waals surface area (Å²) < 4.78 is 61.2. The van der Waals surface area contributed by atoms with Crippen molar-refractivity contribution in [2.24, 2.45) is 5.14 Å². The number of carbonyl (C=O) groups is 1. The third-order valence-corrected chi connectivity index (χ3v) is 4.63. The van der Waals surface area contributed by atoms with E-state index in [0.29, 0.717) is 11.3 Å². The van der Waals surface area contributed by atoms with E-state index in [1.165, 1.54) is 30.3 Å². The van der Waals surface area contributed by atoms with E-state index < -0.39 is 27.7 Å². The molecule has 146 valence electrons. The van der Waals surface area contributed by atoms with E-state index in [1.54, 1.807) is 19.0 Å². The van der Waals surface area contributed by atoms with Crippen LogP contribution in [-0.2, 0) is 27.4 Å².